The number of non-ortho nitro benzene ring substituents is 1. The molecule has 0 unspecified atom stereocenters. The van der Waals surface area contributed by atoms with E-state index in [0.717, 1.165) is 12.8 Å². The third kappa shape index (κ3) is 4.32. The summed E-state index contributed by atoms with van der Waals surface area (Å²) >= 11 is 0. The minimum absolute atomic E-state index is 0.0200. The first-order valence-electron chi connectivity index (χ1n) is 5.50. The Kier molecular flexibility index (Phi) is 5.29. The zero-order valence-electron chi connectivity index (χ0n) is 9.72. The molecule has 0 aromatic heterocycles. The molecule has 1 aromatic rings. The largest absolute Gasteiger partial charge is 0.373 e. The van der Waals surface area contributed by atoms with Crippen molar-refractivity contribution in [1.29, 1.82) is 0 Å². The molecule has 0 heterocycles. The number of benzene rings is 1. The fourth-order valence-corrected chi connectivity index (χ4v) is 1.26. The fourth-order valence-electron chi connectivity index (χ4n) is 1.26. The molecule has 0 fully saturated rings. The minimum atomic E-state index is -0.494. The van der Waals surface area contributed by atoms with Crippen molar-refractivity contribution in [2.75, 3.05) is 13.2 Å². The predicted molar refractivity (Wildman–Crippen MR) is 63.2 cm³/mol. The predicted octanol–water partition coefficient (Wildman–Crippen LogP) is 2.59. The number of carbonyl (C=O) groups excluding carboxylic acids is 1. The molecule has 0 aliphatic carbocycles. The molecule has 1 rings (SSSR count). The third-order valence-corrected chi connectivity index (χ3v) is 2.28. The normalized spacial score (nSPS) is 10.2. The zero-order chi connectivity index (χ0) is 12.7. The van der Waals surface area contributed by atoms with Crippen LogP contribution in [0.5, 0.6) is 0 Å². The van der Waals surface area contributed by atoms with Crippen LogP contribution in [0.15, 0.2) is 24.3 Å². The summed E-state index contributed by atoms with van der Waals surface area (Å²) in [7, 11) is 0. The van der Waals surface area contributed by atoms with E-state index in [4.69, 9.17) is 4.74 Å². The Labute approximate surface area is 99.5 Å². The van der Waals surface area contributed by atoms with Gasteiger partial charge >= 0.3 is 0 Å². The van der Waals surface area contributed by atoms with Gasteiger partial charge in [0.25, 0.3) is 5.69 Å². The van der Waals surface area contributed by atoms with Crippen LogP contribution in [-0.2, 0) is 4.74 Å². The van der Waals surface area contributed by atoms with Crippen molar-refractivity contribution in [1.82, 2.24) is 0 Å². The number of unbranched alkanes of at least 4 members (excludes halogenated alkanes) is 1. The quantitative estimate of drug-likeness (QED) is 0.316. The van der Waals surface area contributed by atoms with Crippen molar-refractivity contribution in [3.8, 4) is 0 Å². The van der Waals surface area contributed by atoms with Crippen LogP contribution in [0.25, 0.3) is 0 Å². The second-order valence-electron chi connectivity index (χ2n) is 3.63. The van der Waals surface area contributed by atoms with Gasteiger partial charge in [-0.15, -0.1) is 0 Å². The lowest BCUT2D eigenvalue weighted by Gasteiger charge is -2.02. The molecule has 0 aliphatic heterocycles. The number of hydrogen-bond acceptors (Lipinski definition) is 4. The van der Waals surface area contributed by atoms with E-state index in [1.54, 1.807) is 0 Å². The van der Waals surface area contributed by atoms with Crippen LogP contribution in [0.4, 0.5) is 5.69 Å². The lowest BCUT2D eigenvalue weighted by atomic mass is 10.1. The first-order valence-corrected chi connectivity index (χ1v) is 5.50. The highest BCUT2D eigenvalue weighted by atomic mass is 16.6. The van der Waals surface area contributed by atoms with Crippen molar-refractivity contribution in [2.24, 2.45) is 0 Å². The zero-order valence-corrected chi connectivity index (χ0v) is 9.72. The van der Waals surface area contributed by atoms with Crippen LogP contribution in [0.3, 0.4) is 0 Å². The van der Waals surface area contributed by atoms with Crippen molar-refractivity contribution in [3.05, 3.63) is 39.9 Å². The number of hydrogen-bond donors (Lipinski definition) is 0. The van der Waals surface area contributed by atoms with Crippen LogP contribution < -0.4 is 0 Å². The van der Waals surface area contributed by atoms with Gasteiger partial charge in [-0.3, -0.25) is 14.9 Å². The number of rotatable bonds is 7. The lowest BCUT2D eigenvalue weighted by molar-refractivity contribution is -0.384. The molecular weight excluding hydrogens is 222 g/mol. The molecule has 0 atom stereocenters. The molecule has 0 radical (unpaired) electrons. The highest BCUT2D eigenvalue weighted by Gasteiger charge is 2.09. The summed E-state index contributed by atoms with van der Waals surface area (Å²) in [5.74, 6) is -0.156. The Morgan fingerprint density at radius 2 is 2.00 bits per heavy atom. The standard InChI is InChI=1S/C12H15NO4/c1-2-3-8-17-9-12(14)10-4-6-11(7-5-10)13(15)16/h4-7H,2-3,8-9H2,1H3. The fraction of sp³-hybridized carbons (Fsp3) is 0.417. The van der Waals surface area contributed by atoms with Gasteiger partial charge in [0.05, 0.1) is 4.92 Å². The average molecular weight is 237 g/mol. The van der Waals surface area contributed by atoms with Crippen molar-refractivity contribution < 1.29 is 14.5 Å². The van der Waals surface area contributed by atoms with E-state index in [1.807, 2.05) is 6.92 Å². The summed E-state index contributed by atoms with van der Waals surface area (Å²) in [4.78, 5) is 21.5. The molecule has 0 saturated carbocycles. The highest BCUT2D eigenvalue weighted by molar-refractivity contribution is 5.97. The van der Waals surface area contributed by atoms with Crippen LogP contribution in [0.2, 0.25) is 0 Å². The van der Waals surface area contributed by atoms with Gasteiger partial charge in [0.1, 0.15) is 6.61 Å². The lowest BCUT2D eigenvalue weighted by Crippen LogP contribution is -2.09. The Morgan fingerprint density at radius 1 is 1.35 bits per heavy atom. The Morgan fingerprint density at radius 3 is 2.53 bits per heavy atom. The highest BCUT2D eigenvalue weighted by Crippen LogP contribution is 2.12. The third-order valence-electron chi connectivity index (χ3n) is 2.28. The summed E-state index contributed by atoms with van der Waals surface area (Å²) in [5, 5.41) is 10.4. The molecule has 17 heavy (non-hydrogen) atoms. The SMILES string of the molecule is CCCCOCC(=O)c1ccc([N+](=O)[O-])cc1. The van der Waals surface area contributed by atoms with Crippen LogP contribution in [-0.4, -0.2) is 23.9 Å². The van der Waals surface area contributed by atoms with E-state index < -0.39 is 4.92 Å². The van der Waals surface area contributed by atoms with Gasteiger partial charge in [0.2, 0.25) is 0 Å². The topological polar surface area (TPSA) is 69.4 Å². The molecule has 0 spiro atoms. The summed E-state index contributed by atoms with van der Waals surface area (Å²) in [5.41, 5.74) is 0.417. The van der Waals surface area contributed by atoms with Gasteiger partial charge in [-0.1, -0.05) is 13.3 Å². The monoisotopic (exact) mass is 237 g/mol. The molecule has 5 heteroatoms. The molecular formula is C12H15NO4. The Hall–Kier alpha value is -1.75. The number of carbonyl (C=O) groups is 1. The summed E-state index contributed by atoms with van der Waals surface area (Å²) in [6, 6.07) is 5.53. The number of nitrogens with zero attached hydrogens (tertiary/aromatic N) is 1. The van der Waals surface area contributed by atoms with E-state index in [-0.39, 0.29) is 18.1 Å². The summed E-state index contributed by atoms with van der Waals surface area (Å²) in [6.07, 6.45) is 1.94. The average Bonchev–Trinajstić information content (AvgIpc) is 2.34. The van der Waals surface area contributed by atoms with Crippen molar-refractivity contribution in [2.45, 2.75) is 19.8 Å². The van der Waals surface area contributed by atoms with Gasteiger partial charge in [-0.25, -0.2) is 0 Å². The number of Topliss-reactive ketones (excluding diaryl/α,β-unsaturated/α-hetero) is 1. The second-order valence-corrected chi connectivity index (χ2v) is 3.63. The van der Waals surface area contributed by atoms with Crippen molar-refractivity contribution >= 4 is 11.5 Å². The molecule has 0 N–H and O–H groups in total. The molecule has 5 nitrogen and oxygen atoms in total. The molecule has 0 saturated heterocycles. The van der Waals surface area contributed by atoms with Crippen LogP contribution in [0, 0.1) is 10.1 Å². The molecule has 0 aliphatic rings. The van der Waals surface area contributed by atoms with Gasteiger partial charge in [-0.2, -0.15) is 0 Å². The first-order chi connectivity index (χ1) is 8.15. The molecule has 92 valence electrons. The number of ether oxygens (including phenoxy) is 1. The van der Waals surface area contributed by atoms with E-state index in [0.29, 0.717) is 12.2 Å². The molecule has 1 aromatic carbocycles. The van der Waals surface area contributed by atoms with Gasteiger partial charge < -0.3 is 4.74 Å². The van der Waals surface area contributed by atoms with E-state index in [2.05, 4.69) is 0 Å². The van der Waals surface area contributed by atoms with Gasteiger partial charge in [0, 0.05) is 24.3 Å². The molecule has 0 amide bonds. The van der Waals surface area contributed by atoms with Crippen molar-refractivity contribution in [3.63, 3.8) is 0 Å². The second kappa shape index (κ2) is 6.75. The van der Waals surface area contributed by atoms with E-state index in [9.17, 15) is 14.9 Å². The Bertz CT molecular complexity index is 386. The van der Waals surface area contributed by atoms with E-state index in [1.165, 1.54) is 24.3 Å². The maximum Gasteiger partial charge on any atom is 0.269 e. The van der Waals surface area contributed by atoms with Crippen LogP contribution in [0.1, 0.15) is 30.1 Å². The minimum Gasteiger partial charge on any atom is -0.373 e. The number of nitro groups is 1. The first kappa shape index (κ1) is 13.3. The maximum atomic E-state index is 11.6. The van der Waals surface area contributed by atoms with E-state index >= 15 is 0 Å². The smallest absolute Gasteiger partial charge is 0.269 e. The molecule has 0 bridgehead atoms. The summed E-state index contributed by atoms with van der Waals surface area (Å²) < 4.78 is 5.18. The Balaban J connectivity index is 2.49. The van der Waals surface area contributed by atoms with Gasteiger partial charge in [-0.05, 0) is 18.6 Å². The van der Waals surface area contributed by atoms with Gasteiger partial charge in [0.15, 0.2) is 5.78 Å². The van der Waals surface area contributed by atoms with Crippen LogP contribution >= 0.6 is 0 Å². The number of nitro benzene ring substituents is 1. The number of ketones is 1. The summed E-state index contributed by atoms with van der Waals surface area (Å²) in [6.45, 7) is 2.63. The maximum absolute atomic E-state index is 11.6.